The van der Waals surface area contributed by atoms with Crippen LogP contribution in [0.25, 0.3) is 0 Å². The van der Waals surface area contributed by atoms with E-state index in [9.17, 15) is 4.79 Å². The molecule has 1 aromatic carbocycles. The Bertz CT molecular complexity index is 915. The van der Waals surface area contributed by atoms with Crippen LogP contribution in [0.1, 0.15) is 43.2 Å². The maximum atomic E-state index is 15.1. The number of halogens is 2. The van der Waals surface area contributed by atoms with Gasteiger partial charge in [-0.2, -0.15) is 5.10 Å². The van der Waals surface area contributed by atoms with Crippen LogP contribution >= 0.6 is 11.6 Å². The Hall–Kier alpha value is -2.00. The number of alkyl halides is 1. The zero-order valence-corrected chi connectivity index (χ0v) is 18.0. The van der Waals surface area contributed by atoms with Crippen LogP contribution in [0.2, 0.25) is 5.02 Å². The molecular formula is C22H28ClFN6O. The number of hydrogen-bond donors (Lipinski definition) is 4. The fourth-order valence-corrected chi connectivity index (χ4v) is 5.32. The van der Waals surface area contributed by atoms with Gasteiger partial charge in [-0.25, -0.2) is 9.82 Å². The molecule has 1 aliphatic carbocycles. The fourth-order valence-electron chi connectivity index (χ4n) is 5.20. The molecule has 2 aliphatic heterocycles. The Kier molecular flexibility index (Phi) is 5.97. The molecule has 0 radical (unpaired) electrons. The minimum Gasteiger partial charge on any atom is -0.325 e. The van der Waals surface area contributed by atoms with Gasteiger partial charge in [0.1, 0.15) is 12.2 Å². The Morgan fingerprint density at radius 2 is 1.94 bits per heavy atom. The lowest BCUT2D eigenvalue weighted by Gasteiger charge is -2.35. The summed E-state index contributed by atoms with van der Waals surface area (Å²) in [4.78, 5) is 12.9. The van der Waals surface area contributed by atoms with Gasteiger partial charge in [-0.1, -0.05) is 11.6 Å². The topological polar surface area (TPSA) is 83.0 Å². The molecule has 0 bridgehead atoms. The number of hydrazine groups is 1. The van der Waals surface area contributed by atoms with Crippen molar-refractivity contribution in [2.24, 2.45) is 5.92 Å². The van der Waals surface area contributed by atoms with E-state index in [0.29, 0.717) is 29.6 Å². The number of carbonyl (C=O) groups excluding carboxylic acids is 1. The van der Waals surface area contributed by atoms with Crippen LogP contribution in [0.4, 0.5) is 10.1 Å². The second kappa shape index (κ2) is 8.86. The van der Waals surface area contributed by atoms with E-state index in [1.165, 1.54) is 0 Å². The van der Waals surface area contributed by atoms with Crippen molar-refractivity contribution in [3.63, 3.8) is 0 Å². The van der Waals surface area contributed by atoms with Crippen molar-refractivity contribution in [1.29, 1.82) is 0 Å². The van der Waals surface area contributed by atoms with Gasteiger partial charge in [-0.15, -0.1) is 0 Å². The maximum Gasteiger partial charge on any atom is 0.243 e. The highest BCUT2D eigenvalue weighted by Gasteiger charge is 2.47. The molecule has 7 nitrogen and oxygen atoms in total. The van der Waals surface area contributed by atoms with E-state index >= 15 is 4.39 Å². The third-order valence-electron chi connectivity index (χ3n) is 6.94. The molecule has 3 fully saturated rings. The highest BCUT2D eigenvalue weighted by atomic mass is 35.5. The molecule has 31 heavy (non-hydrogen) atoms. The predicted molar refractivity (Wildman–Crippen MR) is 118 cm³/mol. The summed E-state index contributed by atoms with van der Waals surface area (Å²) in [6.07, 6.45) is 5.93. The summed E-state index contributed by atoms with van der Waals surface area (Å²) in [6, 6.07) is 6.92. The van der Waals surface area contributed by atoms with Crippen molar-refractivity contribution in [3.05, 3.63) is 47.2 Å². The molecule has 5 rings (SSSR count). The number of rotatable bonds is 4. The number of anilines is 1. The van der Waals surface area contributed by atoms with Gasteiger partial charge in [0.05, 0.1) is 12.2 Å². The minimum absolute atomic E-state index is 0.00605. The number of amides is 1. The number of aromatic nitrogens is 2. The first-order chi connectivity index (χ1) is 15.1. The Morgan fingerprint density at radius 1 is 1.16 bits per heavy atom. The number of nitrogens with zero attached hydrogens (tertiary/aromatic N) is 2. The first-order valence-electron chi connectivity index (χ1n) is 11.0. The molecule has 5 atom stereocenters. The molecule has 2 aromatic rings. The van der Waals surface area contributed by atoms with E-state index in [4.69, 9.17) is 11.6 Å². The molecule has 3 aliphatic rings. The number of carbonyl (C=O) groups is 1. The SMILES string of the molecule is O=C(Nc1ccc(Cl)cc1)C1NNC2CC(F)C(c3cnn(C4CCNCC4)c3)CC21. The van der Waals surface area contributed by atoms with Gasteiger partial charge in [0.15, 0.2) is 0 Å². The molecule has 1 saturated carbocycles. The van der Waals surface area contributed by atoms with Gasteiger partial charge in [-0.05, 0) is 68.6 Å². The highest BCUT2D eigenvalue weighted by molar-refractivity contribution is 6.30. The van der Waals surface area contributed by atoms with Crippen molar-refractivity contribution < 1.29 is 9.18 Å². The van der Waals surface area contributed by atoms with Crippen molar-refractivity contribution in [2.45, 2.75) is 55.9 Å². The molecule has 0 spiro atoms. The monoisotopic (exact) mass is 446 g/mol. The summed E-state index contributed by atoms with van der Waals surface area (Å²) in [5.41, 5.74) is 7.87. The highest BCUT2D eigenvalue weighted by Crippen LogP contribution is 2.41. The molecular weight excluding hydrogens is 419 g/mol. The molecule has 2 saturated heterocycles. The summed E-state index contributed by atoms with van der Waals surface area (Å²) in [7, 11) is 0. The van der Waals surface area contributed by atoms with Crippen LogP contribution in [0.3, 0.4) is 0 Å². The minimum atomic E-state index is -0.959. The molecule has 9 heteroatoms. The normalized spacial score (nSPS) is 31.4. The zero-order chi connectivity index (χ0) is 21.4. The van der Waals surface area contributed by atoms with E-state index in [1.807, 2.05) is 17.1 Å². The van der Waals surface area contributed by atoms with Crippen LogP contribution in [-0.2, 0) is 4.79 Å². The van der Waals surface area contributed by atoms with E-state index in [0.717, 1.165) is 31.5 Å². The summed E-state index contributed by atoms with van der Waals surface area (Å²) in [5.74, 6) is -0.362. The quantitative estimate of drug-likeness (QED) is 0.580. The summed E-state index contributed by atoms with van der Waals surface area (Å²) in [5, 5.41) is 11.5. The number of hydrogen-bond acceptors (Lipinski definition) is 5. The van der Waals surface area contributed by atoms with Gasteiger partial charge in [0.25, 0.3) is 0 Å². The molecule has 1 amide bonds. The van der Waals surface area contributed by atoms with Gasteiger partial charge < -0.3 is 10.6 Å². The van der Waals surface area contributed by atoms with Crippen LogP contribution in [0.5, 0.6) is 0 Å². The Labute approximate surface area is 186 Å². The summed E-state index contributed by atoms with van der Waals surface area (Å²) < 4.78 is 17.1. The van der Waals surface area contributed by atoms with Gasteiger partial charge in [-0.3, -0.25) is 14.9 Å². The molecule has 166 valence electrons. The van der Waals surface area contributed by atoms with E-state index in [-0.39, 0.29) is 23.8 Å². The van der Waals surface area contributed by atoms with E-state index in [1.54, 1.807) is 24.3 Å². The van der Waals surface area contributed by atoms with E-state index in [2.05, 4.69) is 26.6 Å². The number of nitrogens with one attached hydrogen (secondary N) is 4. The smallest absolute Gasteiger partial charge is 0.243 e. The third kappa shape index (κ3) is 4.35. The van der Waals surface area contributed by atoms with Gasteiger partial charge >= 0.3 is 0 Å². The second-order valence-corrected chi connectivity index (χ2v) is 9.30. The predicted octanol–water partition coefficient (Wildman–Crippen LogP) is 2.78. The first kappa shape index (κ1) is 20.9. The third-order valence-corrected chi connectivity index (χ3v) is 7.19. The fraction of sp³-hybridized carbons (Fsp3) is 0.545. The lowest BCUT2D eigenvalue weighted by Crippen LogP contribution is -2.43. The molecule has 5 unspecified atom stereocenters. The molecule has 3 heterocycles. The largest absolute Gasteiger partial charge is 0.325 e. The van der Waals surface area contributed by atoms with Crippen molar-refractivity contribution in [2.75, 3.05) is 18.4 Å². The molecule has 1 aromatic heterocycles. The maximum absolute atomic E-state index is 15.1. The second-order valence-electron chi connectivity index (χ2n) is 8.86. The molecule has 4 N–H and O–H groups in total. The standard InChI is InChI=1S/C22H28ClFN6O/c23-14-1-3-15(4-2-14)27-22(31)21-18-9-17(19(24)10-20(18)28-29-21)13-11-26-30(12-13)16-5-7-25-8-6-16/h1-4,11-12,16-21,25,28-29H,5-10H2,(H,27,31). The van der Waals surface area contributed by atoms with E-state index < -0.39 is 12.2 Å². The lowest BCUT2D eigenvalue weighted by molar-refractivity contribution is -0.119. The van der Waals surface area contributed by atoms with Crippen LogP contribution in [0, 0.1) is 5.92 Å². The number of benzene rings is 1. The number of fused-ring (bicyclic) bond motifs is 1. The van der Waals surface area contributed by atoms with Gasteiger partial charge in [0, 0.05) is 34.8 Å². The van der Waals surface area contributed by atoms with Crippen LogP contribution < -0.4 is 21.5 Å². The van der Waals surface area contributed by atoms with Crippen molar-refractivity contribution in [1.82, 2.24) is 25.9 Å². The number of piperidine rings is 1. The van der Waals surface area contributed by atoms with Crippen LogP contribution in [0.15, 0.2) is 36.7 Å². The van der Waals surface area contributed by atoms with Crippen molar-refractivity contribution in [3.8, 4) is 0 Å². The first-order valence-corrected chi connectivity index (χ1v) is 11.4. The Morgan fingerprint density at radius 3 is 2.71 bits per heavy atom. The van der Waals surface area contributed by atoms with Gasteiger partial charge in [0.2, 0.25) is 5.91 Å². The summed E-state index contributed by atoms with van der Waals surface area (Å²) in [6.45, 7) is 1.97. The van der Waals surface area contributed by atoms with Crippen LogP contribution in [-0.4, -0.2) is 47.0 Å². The average Bonchev–Trinajstić information content (AvgIpc) is 3.42. The summed E-state index contributed by atoms with van der Waals surface area (Å²) >= 11 is 5.93. The lowest BCUT2D eigenvalue weighted by atomic mass is 9.73. The zero-order valence-electron chi connectivity index (χ0n) is 17.2. The van der Waals surface area contributed by atoms with Crippen molar-refractivity contribution >= 4 is 23.2 Å². The Balaban J connectivity index is 1.28. The average molecular weight is 447 g/mol.